The van der Waals surface area contributed by atoms with E-state index in [4.69, 9.17) is 0 Å². The summed E-state index contributed by atoms with van der Waals surface area (Å²) < 4.78 is 5.50. The summed E-state index contributed by atoms with van der Waals surface area (Å²) in [6.07, 6.45) is 0. The first-order valence-electron chi connectivity index (χ1n) is 31.5. The maximum atomic E-state index is 2.70. The molecule has 4 aliphatic rings. The van der Waals surface area contributed by atoms with E-state index in [0.29, 0.717) is 0 Å². The molecule has 0 saturated carbocycles. The van der Waals surface area contributed by atoms with E-state index in [1.54, 1.807) is 0 Å². The summed E-state index contributed by atoms with van der Waals surface area (Å²) in [6.45, 7) is -0.241. The van der Waals surface area contributed by atoms with Crippen molar-refractivity contribution in [3.05, 3.63) is 328 Å². The van der Waals surface area contributed by atoms with Crippen molar-refractivity contribution in [2.75, 3.05) is 29.4 Å². The van der Waals surface area contributed by atoms with E-state index in [-0.39, 0.29) is 27.9 Å². The number of benzene rings is 13. The van der Waals surface area contributed by atoms with Crippen LogP contribution < -0.4 is 60.4 Å². The molecule has 13 aromatic carbocycles. The van der Waals surface area contributed by atoms with Crippen LogP contribution in [-0.4, -0.2) is 27.9 Å². The Morgan fingerprint density at radius 2 is 0.630 bits per heavy atom. The minimum Gasteiger partial charge on any atom is -0.0602 e. The van der Waals surface area contributed by atoms with E-state index in [1.807, 2.05) is 11.3 Å². The molecular weight excluding hydrogens is 1200 g/mol. The molecule has 0 amide bonds. The first-order chi connectivity index (χ1) is 45.7. The Hall–Kier alpha value is -11.0. The number of para-hydroxylation sites is 8. The van der Waals surface area contributed by atoms with Crippen LogP contribution in [0.15, 0.2) is 328 Å². The molecule has 0 spiro atoms. The molecule has 0 N–H and O–H groups in total. The zero-order valence-corrected chi connectivity index (χ0v) is 52.4. The molecule has 0 bridgehead atoms. The molecule has 0 saturated heterocycles. The number of thiophene rings is 1. The van der Waals surface area contributed by atoms with Gasteiger partial charge in [0.05, 0.1) is 0 Å². The van der Waals surface area contributed by atoms with Crippen LogP contribution in [0, 0.1) is 0 Å². The second kappa shape index (κ2) is 21.3. The van der Waals surface area contributed by atoms with Gasteiger partial charge in [-0.1, -0.05) is 42.5 Å². The van der Waals surface area contributed by atoms with Gasteiger partial charge in [0.1, 0.15) is 0 Å². The Morgan fingerprint density at radius 3 is 1.09 bits per heavy atom. The Morgan fingerprint density at radius 1 is 0.283 bits per heavy atom. The first-order valence-corrected chi connectivity index (χ1v) is 34.0. The molecule has 430 valence electrons. The van der Waals surface area contributed by atoms with Gasteiger partial charge in [0.2, 0.25) is 0 Å². The monoisotopic (exact) mass is 1260 g/mol. The quantitative estimate of drug-likeness (QED) is 0.126. The number of anilines is 18. The minimum absolute atomic E-state index is 0.0191. The van der Waals surface area contributed by atoms with E-state index in [1.165, 1.54) is 73.4 Å². The van der Waals surface area contributed by atoms with Crippen molar-refractivity contribution in [1.29, 1.82) is 0 Å². The third kappa shape index (κ3) is 8.14. The van der Waals surface area contributed by atoms with Crippen LogP contribution in [0.4, 0.5) is 102 Å². The van der Waals surface area contributed by atoms with Gasteiger partial charge in [-0.2, -0.15) is 0 Å². The fraction of sp³-hybridized carbons (Fsp3) is 0. The summed E-state index contributed by atoms with van der Waals surface area (Å²) in [5.41, 5.74) is 25.6. The standard InChI is InChI=1S/C82H54B2N6SSe/c1-9-29-55(30-10-1)85(56-31-11-2-12-32-56)63-49-71-77-73(51-63)89(61-41-21-7-22-42-61)79-65-45-25-27-47-75(65)91-81(79)83(77)67-53-68-70(54-69(67)87(71)59-37-17-5-18-38-59)88(60-39-19-6-20-40-60)72-50-64(86(57-33-13-3-14-34-57)58-35-15-4-16-36-58)52-74-78(72)84(68)82-80(66-46-26-28-48-76(66)92-82)90(74)62-43-23-8-24-44-62/h1-54H. The predicted octanol–water partition coefficient (Wildman–Crippen LogP) is 18.2. The SMILES string of the molecule is c1ccc(N(c2ccccc2)c2cc3c4c(c2)N(c2ccccc2)c2c(sc5ccccc25)B4c2cc4c(cc2N3c2ccccc2)N(c2ccccc2)c2cc(N(c3ccccc3)c3ccccc3)cc3c2B4c2[se]c4ccccc4c2N3c2ccccc2)cc1. The van der Waals surface area contributed by atoms with Crippen LogP contribution in [0.5, 0.6) is 0 Å². The van der Waals surface area contributed by atoms with Gasteiger partial charge in [-0.15, -0.1) is 0 Å². The molecule has 6 heterocycles. The normalized spacial score (nSPS) is 13.1. The third-order valence-electron chi connectivity index (χ3n) is 18.9. The Kier molecular flexibility index (Phi) is 12.3. The number of fused-ring (bicyclic) bond motifs is 12. The van der Waals surface area contributed by atoms with Crippen molar-refractivity contribution in [1.82, 2.24) is 0 Å². The van der Waals surface area contributed by atoms with Crippen molar-refractivity contribution in [2.24, 2.45) is 0 Å². The van der Waals surface area contributed by atoms with Gasteiger partial charge >= 0.3 is 483 Å². The molecule has 0 atom stereocenters. The van der Waals surface area contributed by atoms with Crippen molar-refractivity contribution in [3.63, 3.8) is 0 Å². The van der Waals surface area contributed by atoms with Crippen molar-refractivity contribution in [3.8, 4) is 0 Å². The van der Waals surface area contributed by atoms with Crippen molar-refractivity contribution >= 4 is 192 Å². The summed E-state index contributed by atoms with van der Waals surface area (Å²) >= 11 is 1.93. The van der Waals surface area contributed by atoms with Crippen molar-refractivity contribution < 1.29 is 0 Å². The Balaban J connectivity index is 0.960. The molecule has 6 nitrogen and oxygen atoms in total. The Bertz CT molecular complexity index is 4920. The van der Waals surface area contributed by atoms with Crippen LogP contribution in [-0.2, 0) is 0 Å². The van der Waals surface area contributed by atoms with Crippen LogP contribution in [0.1, 0.15) is 0 Å². The van der Waals surface area contributed by atoms with Crippen molar-refractivity contribution in [2.45, 2.75) is 0 Å². The first kappa shape index (κ1) is 52.9. The summed E-state index contributed by atoms with van der Waals surface area (Å²) in [4.78, 5) is 15.3. The fourth-order valence-electron chi connectivity index (χ4n) is 15.2. The van der Waals surface area contributed by atoms with Gasteiger partial charge in [0, 0.05) is 0 Å². The minimum atomic E-state index is -0.147. The van der Waals surface area contributed by atoms with Gasteiger partial charge in [-0.25, -0.2) is 0 Å². The molecule has 0 unspecified atom stereocenters. The summed E-state index contributed by atoms with van der Waals surface area (Å²) in [6, 6.07) is 122. The molecule has 0 fully saturated rings. The van der Waals surface area contributed by atoms with Gasteiger partial charge in [-0.3, -0.25) is 0 Å². The average molecular weight is 1260 g/mol. The van der Waals surface area contributed by atoms with E-state index < -0.39 is 0 Å². The summed E-state index contributed by atoms with van der Waals surface area (Å²) in [5.74, 6) is 0. The smallest absolute Gasteiger partial charge is 0.0380 e. The number of nitrogens with zero attached hydrogens (tertiary/aromatic N) is 6. The van der Waals surface area contributed by atoms with Crippen LogP contribution in [0.25, 0.3) is 19.7 Å². The maximum Gasteiger partial charge on any atom is -0.0380 e. The topological polar surface area (TPSA) is 19.4 Å². The van der Waals surface area contributed by atoms with Gasteiger partial charge in [0.15, 0.2) is 0 Å². The van der Waals surface area contributed by atoms with Crippen LogP contribution >= 0.6 is 11.3 Å². The molecule has 15 aromatic rings. The van der Waals surface area contributed by atoms with E-state index in [2.05, 4.69) is 357 Å². The number of rotatable bonds is 10. The third-order valence-corrected chi connectivity index (χ3v) is 22.7. The second-order valence-corrected chi connectivity index (χ2v) is 27.3. The number of hydrogen-bond acceptors (Lipinski definition) is 7. The molecule has 2 aromatic heterocycles. The van der Waals surface area contributed by atoms with Gasteiger partial charge < -0.3 is 0 Å². The van der Waals surface area contributed by atoms with Gasteiger partial charge in [0.25, 0.3) is 0 Å². The number of hydrogen-bond donors (Lipinski definition) is 0. The fourth-order valence-corrected chi connectivity index (χ4v) is 19.3. The average Bonchev–Trinajstić information content (AvgIpc) is 1.16. The zero-order chi connectivity index (χ0) is 60.4. The van der Waals surface area contributed by atoms with E-state index in [9.17, 15) is 0 Å². The molecular formula is C82H54B2N6SSe. The van der Waals surface area contributed by atoms with E-state index in [0.717, 1.165) is 79.6 Å². The molecule has 4 aliphatic heterocycles. The van der Waals surface area contributed by atoms with Crippen LogP contribution in [0.3, 0.4) is 0 Å². The second-order valence-electron chi connectivity index (χ2n) is 24.0. The Labute approximate surface area is 545 Å². The maximum absolute atomic E-state index is 2.70. The predicted molar refractivity (Wildman–Crippen MR) is 394 cm³/mol. The van der Waals surface area contributed by atoms with Gasteiger partial charge in [-0.05, 0) is 24.3 Å². The molecule has 19 rings (SSSR count). The summed E-state index contributed by atoms with van der Waals surface area (Å²) in [7, 11) is 0. The van der Waals surface area contributed by atoms with Crippen LogP contribution in [0.2, 0.25) is 0 Å². The summed E-state index contributed by atoms with van der Waals surface area (Å²) in [5, 5.41) is 2.56. The molecule has 92 heavy (non-hydrogen) atoms. The molecule has 0 radical (unpaired) electrons. The molecule has 0 aliphatic carbocycles. The molecule has 10 heteroatoms. The van der Waals surface area contributed by atoms with E-state index >= 15 is 0 Å². The largest absolute Gasteiger partial charge is 0.0602 e. The zero-order valence-electron chi connectivity index (χ0n) is 49.8.